The van der Waals surface area contributed by atoms with Gasteiger partial charge in [0, 0.05) is 13.1 Å². The second-order valence-electron chi connectivity index (χ2n) is 5.11. The number of hydrogen-bond acceptors (Lipinski definition) is 3. The maximum Gasteiger partial charge on any atom is 0.244 e. The maximum absolute atomic E-state index is 13.4. The lowest BCUT2D eigenvalue weighted by atomic mass is 10.1. The van der Waals surface area contributed by atoms with Crippen LogP contribution in [0.5, 0.6) is 0 Å². The van der Waals surface area contributed by atoms with Crippen LogP contribution in [-0.2, 0) is 10.0 Å². The Morgan fingerprint density at radius 1 is 1.50 bits per heavy atom. The van der Waals surface area contributed by atoms with Crippen molar-refractivity contribution in [1.29, 1.82) is 0 Å². The molecule has 0 spiro atoms. The predicted molar refractivity (Wildman–Crippen MR) is 76.9 cm³/mol. The van der Waals surface area contributed by atoms with E-state index >= 15 is 0 Å². The summed E-state index contributed by atoms with van der Waals surface area (Å²) in [6, 6.07) is 2.36. The topological polar surface area (TPSA) is 49.4 Å². The Bertz CT molecular complexity index is 607. The zero-order valence-corrected chi connectivity index (χ0v) is 13.1. The summed E-state index contributed by atoms with van der Waals surface area (Å²) in [5.41, 5.74) is 0.277. The van der Waals surface area contributed by atoms with E-state index in [1.165, 1.54) is 17.3 Å². The minimum absolute atomic E-state index is 0.0109. The molecule has 1 fully saturated rings. The molecule has 1 aromatic carbocycles. The molecule has 1 aliphatic rings. The summed E-state index contributed by atoms with van der Waals surface area (Å²) in [6.07, 6.45) is 0.817. The van der Waals surface area contributed by atoms with Crippen LogP contribution < -0.4 is 5.32 Å². The van der Waals surface area contributed by atoms with E-state index < -0.39 is 15.8 Å². The van der Waals surface area contributed by atoms with Gasteiger partial charge in [-0.3, -0.25) is 0 Å². The molecule has 0 bridgehead atoms. The highest BCUT2D eigenvalue weighted by Crippen LogP contribution is 2.30. The third-order valence-corrected chi connectivity index (χ3v) is 5.90. The van der Waals surface area contributed by atoms with Gasteiger partial charge >= 0.3 is 0 Å². The quantitative estimate of drug-likeness (QED) is 0.923. The van der Waals surface area contributed by atoms with Crippen LogP contribution in [0, 0.1) is 18.7 Å². The summed E-state index contributed by atoms with van der Waals surface area (Å²) in [5, 5.41) is 2.99. The van der Waals surface area contributed by atoms with Gasteiger partial charge in [0.25, 0.3) is 0 Å². The normalized spacial score (nSPS) is 20.5. The van der Waals surface area contributed by atoms with Crippen LogP contribution in [0.1, 0.15) is 12.0 Å². The second kappa shape index (κ2) is 5.97. The number of rotatable bonds is 4. The molecule has 0 aromatic heterocycles. The molecule has 2 rings (SSSR count). The van der Waals surface area contributed by atoms with Crippen LogP contribution >= 0.6 is 11.6 Å². The van der Waals surface area contributed by atoms with Gasteiger partial charge in [0.2, 0.25) is 10.0 Å². The van der Waals surface area contributed by atoms with Gasteiger partial charge in [-0.2, -0.15) is 4.31 Å². The Hall–Kier alpha value is -0.690. The van der Waals surface area contributed by atoms with Gasteiger partial charge in [-0.15, -0.1) is 0 Å². The van der Waals surface area contributed by atoms with Crippen molar-refractivity contribution in [2.75, 3.05) is 26.7 Å². The van der Waals surface area contributed by atoms with Crippen LogP contribution in [0.15, 0.2) is 17.0 Å². The molecule has 1 unspecified atom stereocenters. The molecular formula is C13H18ClFN2O2S. The molecule has 1 N–H and O–H groups in total. The third kappa shape index (κ3) is 2.98. The highest BCUT2D eigenvalue weighted by atomic mass is 35.5. The number of nitrogens with one attached hydrogen (secondary N) is 1. The number of aryl methyl sites for hydroxylation is 1. The van der Waals surface area contributed by atoms with E-state index in [0.29, 0.717) is 19.0 Å². The molecule has 112 valence electrons. The van der Waals surface area contributed by atoms with E-state index in [0.717, 1.165) is 19.0 Å². The average molecular weight is 321 g/mol. The second-order valence-corrected chi connectivity index (χ2v) is 7.42. The smallest absolute Gasteiger partial charge is 0.244 e. The fraction of sp³-hybridized carbons (Fsp3) is 0.538. The Labute approximate surface area is 124 Å². The summed E-state index contributed by atoms with van der Waals surface area (Å²) in [4.78, 5) is -0.0109. The fourth-order valence-corrected chi connectivity index (χ4v) is 4.54. The maximum atomic E-state index is 13.4. The minimum Gasteiger partial charge on any atom is -0.319 e. The molecule has 1 heterocycles. The van der Waals surface area contributed by atoms with Crippen LogP contribution in [0.3, 0.4) is 0 Å². The van der Waals surface area contributed by atoms with Gasteiger partial charge in [-0.05, 0) is 50.6 Å². The summed E-state index contributed by atoms with van der Waals surface area (Å²) in [5.74, 6) is -0.196. The number of sulfonamides is 1. The summed E-state index contributed by atoms with van der Waals surface area (Å²) >= 11 is 5.90. The van der Waals surface area contributed by atoms with E-state index in [4.69, 9.17) is 11.6 Å². The number of halogens is 2. The lowest BCUT2D eigenvalue weighted by Crippen LogP contribution is -2.30. The molecule has 7 heteroatoms. The number of nitrogens with zero attached hydrogens (tertiary/aromatic N) is 1. The molecule has 4 nitrogen and oxygen atoms in total. The Kier molecular flexibility index (Phi) is 4.69. The van der Waals surface area contributed by atoms with Gasteiger partial charge in [0.1, 0.15) is 10.7 Å². The molecule has 0 amide bonds. The first-order chi connectivity index (χ1) is 9.36. The largest absolute Gasteiger partial charge is 0.319 e. The van der Waals surface area contributed by atoms with Crippen molar-refractivity contribution in [1.82, 2.24) is 9.62 Å². The molecule has 20 heavy (non-hydrogen) atoms. The first kappa shape index (κ1) is 15.7. The van der Waals surface area contributed by atoms with Crippen LogP contribution in [0.2, 0.25) is 5.02 Å². The molecular weight excluding hydrogens is 303 g/mol. The van der Waals surface area contributed by atoms with E-state index in [9.17, 15) is 12.8 Å². The molecule has 1 aliphatic heterocycles. The Morgan fingerprint density at radius 3 is 2.85 bits per heavy atom. The van der Waals surface area contributed by atoms with Crippen molar-refractivity contribution < 1.29 is 12.8 Å². The Balaban J connectivity index is 2.30. The van der Waals surface area contributed by atoms with Crippen LogP contribution in [-0.4, -0.2) is 39.4 Å². The molecule has 0 radical (unpaired) electrons. The van der Waals surface area contributed by atoms with Crippen molar-refractivity contribution in [2.24, 2.45) is 5.92 Å². The van der Waals surface area contributed by atoms with E-state index in [2.05, 4.69) is 5.32 Å². The SMILES string of the molecule is CNCC1CCN(S(=O)(=O)c2cc(C)c(F)cc2Cl)C1. The molecule has 0 saturated carbocycles. The molecule has 1 saturated heterocycles. The zero-order valence-electron chi connectivity index (χ0n) is 11.5. The first-order valence-electron chi connectivity index (χ1n) is 6.46. The van der Waals surface area contributed by atoms with E-state index in [1.807, 2.05) is 7.05 Å². The fourth-order valence-electron chi connectivity index (χ4n) is 2.44. The molecule has 1 aromatic rings. The minimum atomic E-state index is -3.65. The summed E-state index contributed by atoms with van der Waals surface area (Å²) in [7, 11) is -1.81. The third-order valence-electron chi connectivity index (χ3n) is 3.57. The van der Waals surface area contributed by atoms with Gasteiger partial charge in [-0.25, -0.2) is 12.8 Å². The van der Waals surface area contributed by atoms with Crippen LogP contribution in [0.25, 0.3) is 0 Å². The standard InChI is InChI=1S/C13H18ClFN2O2S/c1-9-5-13(11(14)6-12(9)15)20(18,19)17-4-3-10(8-17)7-16-2/h5-6,10,16H,3-4,7-8H2,1-2H3. The number of benzene rings is 1. The average Bonchev–Trinajstić information content (AvgIpc) is 2.83. The van der Waals surface area contributed by atoms with Crippen molar-refractivity contribution >= 4 is 21.6 Å². The molecule has 0 aliphatic carbocycles. The van der Waals surface area contributed by atoms with E-state index in [-0.39, 0.29) is 15.5 Å². The van der Waals surface area contributed by atoms with Crippen molar-refractivity contribution in [2.45, 2.75) is 18.2 Å². The monoisotopic (exact) mass is 320 g/mol. The van der Waals surface area contributed by atoms with Gasteiger partial charge in [0.05, 0.1) is 5.02 Å². The van der Waals surface area contributed by atoms with Gasteiger partial charge < -0.3 is 5.32 Å². The Morgan fingerprint density at radius 2 is 2.20 bits per heavy atom. The van der Waals surface area contributed by atoms with Crippen molar-refractivity contribution in [3.8, 4) is 0 Å². The lowest BCUT2D eigenvalue weighted by molar-refractivity contribution is 0.451. The van der Waals surface area contributed by atoms with Gasteiger partial charge in [-0.1, -0.05) is 11.6 Å². The van der Waals surface area contributed by atoms with Crippen molar-refractivity contribution in [3.63, 3.8) is 0 Å². The highest BCUT2D eigenvalue weighted by molar-refractivity contribution is 7.89. The predicted octanol–water partition coefficient (Wildman–Crippen LogP) is 2.02. The van der Waals surface area contributed by atoms with Crippen molar-refractivity contribution in [3.05, 3.63) is 28.5 Å². The summed E-state index contributed by atoms with van der Waals surface area (Å²) in [6.45, 7) is 3.25. The summed E-state index contributed by atoms with van der Waals surface area (Å²) < 4.78 is 39.9. The lowest BCUT2D eigenvalue weighted by Gasteiger charge is -2.18. The van der Waals surface area contributed by atoms with Crippen LogP contribution in [0.4, 0.5) is 4.39 Å². The van der Waals surface area contributed by atoms with E-state index in [1.54, 1.807) is 0 Å². The zero-order chi connectivity index (χ0) is 14.9. The van der Waals surface area contributed by atoms with Gasteiger partial charge in [0.15, 0.2) is 0 Å². The molecule has 1 atom stereocenters. The number of hydrogen-bond donors (Lipinski definition) is 1. The first-order valence-corrected chi connectivity index (χ1v) is 8.28. The highest BCUT2D eigenvalue weighted by Gasteiger charge is 2.33.